The van der Waals surface area contributed by atoms with E-state index in [0.717, 1.165) is 24.8 Å². The van der Waals surface area contributed by atoms with Gasteiger partial charge in [0.15, 0.2) is 0 Å². The number of allylic oxidation sites excluding steroid dienone is 1. The average Bonchev–Trinajstić information content (AvgIpc) is 2.59. The highest BCUT2D eigenvalue weighted by Crippen LogP contribution is 2.48. The van der Waals surface area contributed by atoms with E-state index in [1.165, 1.54) is 11.1 Å². The molecule has 1 aromatic rings. The summed E-state index contributed by atoms with van der Waals surface area (Å²) < 4.78 is 5.55. The molecule has 1 aromatic carbocycles. The Hall–Kier alpha value is -1.16. The summed E-state index contributed by atoms with van der Waals surface area (Å²) in [4.78, 5) is 0. The molecule has 3 nitrogen and oxygen atoms in total. The minimum atomic E-state index is 0.0166. The van der Waals surface area contributed by atoms with Crippen molar-refractivity contribution in [3.8, 4) is 0 Å². The normalized spacial score (nSPS) is 27.2. The summed E-state index contributed by atoms with van der Waals surface area (Å²) in [5, 5.41) is 18.5. The molecule has 1 aliphatic carbocycles. The zero-order valence-electron chi connectivity index (χ0n) is 15.1. The van der Waals surface area contributed by atoms with Gasteiger partial charge in [-0.05, 0) is 61.0 Å². The summed E-state index contributed by atoms with van der Waals surface area (Å²) in [5.41, 5.74) is 3.75. The monoisotopic (exact) mass is 332 g/mol. The Morgan fingerprint density at radius 3 is 2.58 bits per heavy atom. The first-order valence-electron chi connectivity index (χ1n) is 9.03. The second-order valence-electron chi connectivity index (χ2n) is 7.64. The molecule has 0 aromatic heterocycles. The van der Waals surface area contributed by atoms with Crippen molar-refractivity contribution in [1.82, 2.24) is 0 Å². The van der Waals surface area contributed by atoms with Crippen LogP contribution in [0.15, 0.2) is 36.4 Å². The molecule has 0 heterocycles. The van der Waals surface area contributed by atoms with Gasteiger partial charge in [0, 0.05) is 19.8 Å². The maximum absolute atomic E-state index is 9.77. The molecule has 0 aliphatic heterocycles. The highest BCUT2D eigenvalue weighted by molar-refractivity contribution is 5.28. The Morgan fingerprint density at radius 2 is 2.00 bits per heavy atom. The molecule has 0 amide bonds. The van der Waals surface area contributed by atoms with E-state index in [1.54, 1.807) is 0 Å². The van der Waals surface area contributed by atoms with Crippen LogP contribution in [0.25, 0.3) is 0 Å². The van der Waals surface area contributed by atoms with Gasteiger partial charge in [0.1, 0.15) is 0 Å². The maximum Gasteiger partial charge on any atom is 0.0716 e. The molecule has 0 radical (unpaired) electrons. The van der Waals surface area contributed by atoms with E-state index < -0.39 is 0 Å². The first-order valence-corrected chi connectivity index (χ1v) is 9.03. The van der Waals surface area contributed by atoms with Crippen LogP contribution in [0.2, 0.25) is 0 Å². The lowest BCUT2D eigenvalue weighted by Crippen LogP contribution is -2.33. The smallest absolute Gasteiger partial charge is 0.0716 e. The Labute approximate surface area is 146 Å². The van der Waals surface area contributed by atoms with Crippen LogP contribution in [0, 0.1) is 11.3 Å². The van der Waals surface area contributed by atoms with Gasteiger partial charge in [-0.1, -0.05) is 43.3 Å². The van der Waals surface area contributed by atoms with Crippen molar-refractivity contribution in [2.45, 2.75) is 52.1 Å². The summed E-state index contributed by atoms with van der Waals surface area (Å²) in [5.74, 6) is 0.925. The van der Waals surface area contributed by atoms with Gasteiger partial charge < -0.3 is 14.9 Å². The summed E-state index contributed by atoms with van der Waals surface area (Å²) in [6, 6.07) is 8.67. The minimum Gasteiger partial charge on any atom is -0.396 e. The van der Waals surface area contributed by atoms with Crippen LogP contribution in [0.3, 0.4) is 0 Å². The zero-order valence-corrected chi connectivity index (χ0v) is 15.1. The lowest BCUT2D eigenvalue weighted by Gasteiger charge is -2.42. The Morgan fingerprint density at radius 1 is 1.29 bits per heavy atom. The van der Waals surface area contributed by atoms with Crippen molar-refractivity contribution < 1.29 is 14.9 Å². The standard InChI is InChI=1S/C21H32O3/c1-16(2)19-9-10-21(3,15-23)13-20(19)18-7-5-17(6-8-18)14-24-12-4-11-22/h5-8,19-20,22-23H,1,4,9-15H2,2-3H3/t19-,20-,21-/m0/s1. The van der Waals surface area contributed by atoms with Crippen molar-refractivity contribution in [3.63, 3.8) is 0 Å². The number of hydrogen-bond donors (Lipinski definition) is 2. The Balaban J connectivity index is 2.07. The molecular formula is C21H32O3. The van der Waals surface area contributed by atoms with Gasteiger partial charge in [0.05, 0.1) is 6.61 Å². The lowest BCUT2D eigenvalue weighted by molar-refractivity contribution is 0.0747. The Kier molecular flexibility index (Phi) is 7.02. The van der Waals surface area contributed by atoms with E-state index >= 15 is 0 Å². The molecule has 134 valence electrons. The van der Waals surface area contributed by atoms with Crippen molar-refractivity contribution in [2.75, 3.05) is 19.8 Å². The number of rotatable bonds is 8. The average molecular weight is 332 g/mol. The summed E-state index contributed by atoms with van der Waals surface area (Å²) in [6.45, 7) is 10.1. The van der Waals surface area contributed by atoms with Crippen LogP contribution >= 0.6 is 0 Å². The highest BCUT2D eigenvalue weighted by atomic mass is 16.5. The van der Waals surface area contributed by atoms with E-state index in [4.69, 9.17) is 9.84 Å². The molecule has 1 aliphatic rings. The highest BCUT2D eigenvalue weighted by Gasteiger charge is 2.38. The molecule has 2 N–H and O–H groups in total. The number of aliphatic hydroxyl groups excluding tert-OH is 2. The molecule has 2 rings (SSSR count). The lowest BCUT2D eigenvalue weighted by atomic mass is 9.63. The predicted octanol–water partition coefficient (Wildman–Crippen LogP) is 4.04. The predicted molar refractivity (Wildman–Crippen MR) is 97.9 cm³/mol. The number of aliphatic hydroxyl groups is 2. The van der Waals surface area contributed by atoms with Crippen LogP contribution in [0.4, 0.5) is 0 Å². The molecular weight excluding hydrogens is 300 g/mol. The fraction of sp³-hybridized carbons (Fsp3) is 0.619. The third-order valence-electron chi connectivity index (χ3n) is 5.40. The van der Waals surface area contributed by atoms with Gasteiger partial charge in [0.25, 0.3) is 0 Å². The van der Waals surface area contributed by atoms with Crippen LogP contribution in [0.5, 0.6) is 0 Å². The number of ether oxygens (including phenoxy) is 1. The molecule has 24 heavy (non-hydrogen) atoms. The molecule has 3 atom stereocenters. The van der Waals surface area contributed by atoms with Gasteiger partial charge >= 0.3 is 0 Å². The second-order valence-corrected chi connectivity index (χ2v) is 7.64. The first-order chi connectivity index (χ1) is 11.5. The van der Waals surface area contributed by atoms with E-state index in [2.05, 4.69) is 44.7 Å². The summed E-state index contributed by atoms with van der Waals surface area (Å²) in [6.07, 6.45) is 3.85. The fourth-order valence-electron chi connectivity index (χ4n) is 3.78. The molecule has 1 saturated carbocycles. The van der Waals surface area contributed by atoms with Crippen LogP contribution < -0.4 is 0 Å². The van der Waals surface area contributed by atoms with Gasteiger partial charge in [0.2, 0.25) is 0 Å². The van der Waals surface area contributed by atoms with Crippen LogP contribution in [-0.2, 0) is 11.3 Å². The topological polar surface area (TPSA) is 49.7 Å². The summed E-state index contributed by atoms with van der Waals surface area (Å²) >= 11 is 0. The van der Waals surface area contributed by atoms with E-state index in [9.17, 15) is 5.11 Å². The zero-order chi connectivity index (χ0) is 17.6. The molecule has 0 spiro atoms. The van der Waals surface area contributed by atoms with E-state index in [0.29, 0.717) is 31.5 Å². The largest absolute Gasteiger partial charge is 0.396 e. The van der Waals surface area contributed by atoms with Gasteiger partial charge in [-0.15, -0.1) is 0 Å². The first kappa shape index (κ1) is 19.2. The van der Waals surface area contributed by atoms with Crippen molar-refractivity contribution in [3.05, 3.63) is 47.5 Å². The molecule has 0 saturated heterocycles. The molecule has 0 bridgehead atoms. The van der Waals surface area contributed by atoms with Gasteiger partial charge in [-0.3, -0.25) is 0 Å². The molecule has 3 heteroatoms. The van der Waals surface area contributed by atoms with Gasteiger partial charge in [-0.2, -0.15) is 0 Å². The maximum atomic E-state index is 9.77. The number of benzene rings is 1. The third kappa shape index (κ3) is 4.92. The molecule has 0 unspecified atom stereocenters. The van der Waals surface area contributed by atoms with E-state index in [-0.39, 0.29) is 18.6 Å². The van der Waals surface area contributed by atoms with E-state index in [1.807, 2.05) is 0 Å². The van der Waals surface area contributed by atoms with Crippen molar-refractivity contribution >= 4 is 0 Å². The fourth-order valence-corrected chi connectivity index (χ4v) is 3.78. The quantitative estimate of drug-likeness (QED) is 0.558. The van der Waals surface area contributed by atoms with Crippen LogP contribution in [0.1, 0.15) is 56.6 Å². The summed E-state index contributed by atoms with van der Waals surface area (Å²) in [7, 11) is 0. The molecule has 1 fully saturated rings. The third-order valence-corrected chi connectivity index (χ3v) is 5.40. The van der Waals surface area contributed by atoms with Gasteiger partial charge in [-0.25, -0.2) is 0 Å². The SMILES string of the molecule is C=C(C)[C@@H]1CC[C@](C)(CO)C[C@H]1c1ccc(COCCCO)cc1. The number of hydrogen-bond acceptors (Lipinski definition) is 3. The van der Waals surface area contributed by atoms with Crippen molar-refractivity contribution in [2.24, 2.45) is 11.3 Å². The van der Waals surface area contributed by atoms with Crippen molar-refractivity contribution in [1.29, 1.82) is 0 Å². The van der Waals surface area contributed by atoms with Crippen LogP contribution in [-0.4, -0.2) is 30.0 Å². The second kappa shape index (κ2) is 8.80. The minimum absolute atomic E-state index is 0.0166. The Bertz CT molecular complexity index is 522.